The normalized spacial score (nSPS) is 14.5. The Morgan fingerprint density at radius 3 is 2.60 bits per heavy atom. The zero-order valence-electron chi connectivity index (χ0n) is 9.15. The molecule has 0 heterocycles. The van der Waals surface area contributed by atoms with Gasteiger partial charge in [-0.2, -0.15) is 0 Å². The molecule has 0 aromatic heterocycles. The van der Waals surface area contributed by atoms with E-state index in [1.54, 1.807) is 0 Å². The predicted octanol–water partition coefficient (Wildman–Crippen LogP) is 4.16. The molecule has 0 radical (unpaired) electrons. The fraction of sp³-hybridized carbons (Fsp3) is 0.308. The molecule has 0 saturated heterocycles. The monoisotopic (exact) mass is 265 g/mol. The van der Waals surface area contributed by atoms with Crippen LogP contribution in [0, 0.1) is 0 Å². The first-order valence-electron chi connectivity index (χ1n) is 5.11. The molecular formula is C13H16BrN. The number of nitrogens with zero attached hydrogens (tertiary/aromatic N) is 1. The molecule has 1 rings (SSSR count). The van der Waals surface area contributed by atoms with Gasteiger partial charge in [0.15, 0.2) is 0 Å². The molecule has 0 fully saturated rings. The van der Waals surface area contributed by atoms with E-state index in [0.717, 1.165) is 12.1 Å². The minimum atomic E-state index is 0.187. The fourth-order valence-electron chi connectivity index (χ4n) is 1.30. The summed E-state index contributed by atoms with van der Waals surface area (Å²) in [5.41, 5.74) is 2.29. The maximum Gasteiger partial charge on any atom is 0.0812 e. The third kappa shape index (κ3) is 3.63. The molecule has 0 aliphatic carbocycles. The van der Waals surface area contributed by atoms with Crippen LogP contribution in [-0.4, -0.2) is 12.8 Å². The van der Waals surface area contributed by atoms with Gasteiger partial charge in [-0.05, 0) is 18.1 Å². The lowest BCUT2D eigenvalue weighted by Crippen LogP contribution is -2.03. The van der Waals surface area contributed by atoms with Gasteiger partial charge in [0.1, 0.15) is 0 Å². The second kappa shape index (κ2) is 6.57. The summed E-state index contributed by atoms with van der Waals surface area (Å²) in [5, 5.41) is 0. The molecule has 0 aliphatic heterocycles. The van der Waals surface area contributed by atoms with E-state index in [1.165, 1.54) is 5.56 Å². The first kappa shape index (κ1) is 12.2. The molecule has 2 heteroatoms. The van der Waals surface area contributed by atoms with Gasteiger partial charge in [-0.15, -0.1) is 0 Å². The summed E-state index contributed by atoms with van der Waals surface area (Å²) < 4.78 is 0. The zero-order valence-corrected chi connectivity index (χ0v) is 10.7. The van der Waals surface area contributed by atoms with Gasteiger partial charge >= 0.3 is 0 Å². The Hall–Kier alpha value is -0.890. The molecule has 80 valence electrons. The maximum atomic E-state index is 4.28. The van der Waals surface area contributed by atoms with Gasteiger partial charge in [-0.3, -0.25) is 4.99 Å². The Morgan fingerprint density at radius 2 is 2.07 bits per heavy atom. The van der Waals surface area contributed by atoms with Gasteiger partial charge in [-0.1, -0.05) is 59.3 Å². The van der Waals surface area contributed by atoms with Crippen molar-refractivity contribution < 1.29 is 0 Å². The largest absolute Gasteiger partial charge is 0.292 e. The average molecular weight is 266 g/mol. The van der Waals surface area contributed by atoms with Crippen LogP contribution < -0.4 is 0 Å². The van der Waals surface area contributed by atoms with E-state index in [4.69, 9.17) is 0 Å². The summed E-state index contributed by atoms with van der Waals surface area (Å²) in [4.78, 5) is 4.47. The highest BCUT2D eigenvalue weighted by Crippen LogP contribution is 2.24. The van der Waals surface area contributed by atoms with Crippen LogP contribution in [0.4, 0.5) is 0 Å². The zero-order chi connectivity index (χ0) is 11.1. The Labute approximate surface area is 100 Å². The molecule has 1 aromatic carbocycles. The molecule has 1 unspecified atom stereocenters. The average Bonchev–Trinajstić information content (AvgIpc) is 2.31. The smallest absolute Gasteiger partial charge is 0.0812 e. The van der Waals surface area contributed by atoms with Crippen molar-refractivity contribution in [3.05, 3.63) is 48.0 Å². The van der Waals surface area contributed by atoms with Crippen LogP contribution in [0.5, 0.6) is 0 Å². The Balaban J connectivity index is 2.83. The Morgan fingerprint density at radius 1 is 1.40 bits per heavy atom. The topological polar surface area (TPSA) is 12.4 Å². The second-order valence-electron chi connectivity index (χ2n) is 3.23. The van der Waals surface area contributed by atoms with Crippen molar-refractivity contribution in [1.82, 2.24) is 0 Å². The summed E-state index contributed by atoms with van der Waals surface area (Å²) >= 11 is 3.66. The summed E-state index contributed by atoms with van der Waals surface area (Å²) in [6, 6.07) is 10.3. The number of benzene rings is 1. The van der Waals surface area contributed by atoms with Crippen molar-refractivity contribution in [2.75, 3.05) is 7.05 Å². The summed E-state index contributed by atoms with van der Waals surface area (Å²) in [7, 11) is 1.83. The standard InChI is InChI=1S/C13H16BrN/c1-3-4-10-12(15-2)13(14)11-8-6-5-7-9-11/h4-10,13H,3H2,1-2H3/b10-4-,15-12?. The molecule has 0 spiro atoms. The molecule has 0 aliphatic rings. The summed E-state index contributed by atoms with van der Waals surface area (Å²) in [5.74, 6) is 0. The van der Waals surface area contributed by atoms with E-state index >= 15 is 0 Å². The minimum Gasteiger partial charge on any atom is -0.292 e. The molecule has 0 N–H and O–H groups in total. The van der Waals surface area contributed by atoms with E-state index in [1.807, 2.05) is 25.2 Å². The summed E-state index contributed by atoms with van der Waals surface area (Å²) in [6.07, 6.45) is 5.24. The predicted molar refractivity (Wildman–Crippen MR) is 70.9 cm³/mol. The molecule has 15 heavy (non-hydrogen) atoms. The van der Waals surface area contributed by atoms with Gasteiger partial charge < -0.3 is 0 Å². The third-order valence-corrected chi connectivity index (χ3v) is 3.13. The van der Waals surface area contributed by atoms with Crippen molar-refractivity contribution in [1.29, 1.82) is 0 Å². The van der Waals surface area contributed by atoms with E-state index in [9.17, 15) is 0 Å². The number of alkyl halides is 1. The van der Waals surface area contributed by atoms with Gasteiger partial charge in [0.05, 0.1) is 10.5 Å². The van der Waals surface area contributed by atoms with E-state index in [2.05, 4.69) is 52.1 Å². The van der Waals surface area contributed by atoms with Crippen molar-refractivity contribution in [2.45, 2.75) is 18.2 Å². The lowest BCUT2D eigenvalue weighted by Gasteiger charge is -2.09. The van der Waals surface area contributed by atoms with Crippen molar-refractivity contribution >= 4 is 21.6 Å². The highest BCUT2D eigenvalue weighted by Gasteiger charge is 2.10. The van der Waals surface area contributed by atoms with Crippen LogP contribution in [0.15, 0.2) is 47.5 Å². The lowest BCUT2D eigenvalue weighted by atomic mass is 10.1. The van der Waals surface area contributed by atoms with Crippen molar-refractivity contribution in [3.8, 4) is 0 Å². The van der Waals surface area contributed by atoms with Gasteiger partial charge in [0.25, 0.3) is 0 Å². The first-order valence-corrected chi connectivity index (χ1v) is 6.03. The van der Waals surface area contributed by atoms with Crippen molar-refractivity contribution in [3.63, 3.8) is 0 Å². The van der Waals surface area contributed by atoms with Crippen LogP contribution in [-0.2, 0) is 0 Å². The molecule has 0 bridgehead atoms. The first-order chi connectivity index (χ1) is 7.29. The number of hydrogen-bond donors (Lipinski definition) is 0. The van der Waals surface area contributed by atoms with Crippen LogP contribution in [0.3, 0.4) is 0 Å². The van der Waals surface area contributed by atoms with Crippen molar-refractivity contribution in [2.24, 2.45) is 4.99 Å². The van der Waals surface area contributed by atoms with Gasteiger partial charge in [-0.25, -0.2) is 0 Å². The Bertz CT molecular complexity index is 341. The van der Waals surface area contributed by atoms with Crippen LogP contribution >= 0.6 is 15.9 Å². The third-order valence-electron chi connectivity index (χ3n) is 2.13. The number of halogens is 1. The molecule has 1 aromatic rings. The molecule has 0 amide bonds. The molecule has 0 saturated carbocycles. The summed E-state index contributed by atoms with van der Waals surface area (Å²) in [6.45, 7) is 2.12. The number of hydrogen-bond acceptors (Lipinski definition) is 1. The van der Waals surface area contributed by atoms with Crippen LogP contribution in [0.25, 0.3) is 0 Å². The van der Waals surface area contributed by atoms with Gasteiger partial charge in [0.2, 0.25) is 0 Å². The van der Waals surface area contributed by atoms with Crippen LogP contribution in [0.2, 0.25) is 0 Å². The minimum absolute atomic E-state index is 0.187. The molecule has 1 atom stereocenters. The van der Waals surface area contributed by atoms with Crippen LogP contribution in [0.1, 0.15) is 23.7 Å². The Kier molecular flexibility index (Phi) is 5.33. The number of aliphatic imine (C=N–C) groups is 1. The van der Waals surface area contributed by atoms with Gasteiger partial charge in [0, 0.05) is 7.05 Å². The second-order valence-corrected chi connectivity index (χ2v) is 4.15. The molecular weight excluding hydrogens is 250 g/mol. The lowest BCUT2D eigenvalue weighted by molar-refractivity contribution is 1.22. The van der Waals surface area contributed by atoms with E-state index in [-0.39, 0.29) is 4.83 Å². The fourth-order valence-corrected chi connectivity index (χ4v) is 1.97. The number of rotatable bonds is 4. The quantitative estimate of drug-likeness (QED) is 0.573. The SMILES string of the molecule is CC/C=C\C(=NC)C(Br)c1ccccc1. The molecule has 1 nitrogen and oxygen atoms in total. The number of allylic oxidation sites excluding steroid dienone is 2. The van der Waals surface area contributed by atoms with E-state index < -0.39 is 0 Å². The highest BCUT2D eigenvalue weighted by molar-refractivity contribution is 9.09. The van der Waals surface area contributed by atoms with E-state index in [0.29, 0.717) is 0 Å². The maximum absolute atomic E-state index is 4.28. The highest BCUT2D eigenvalue weighted by atomic mass is 79.9.